The maximum absolute atomic E-state index is 13.7. The van der Waals surface area contributed by atoms with Crippen LogP contribution in [0.5, 0.6) is 0 Å². The number of hydrogen-bond acceptors (Lipinski definition) is 1. The van der Waals surface area contributed by atoms with Crippen molar-refractivity contribution in [3.63, 3.8) is 0 Å². The molecule has 84 valence electrons. The van der Waals surface area contributed by atoms with E-state index in [0.717, 1.165) is 18.4 Å². The molecule has 1 aromatic rings. The fourth-order valence-corrected chi connectivity index (χ4v) is 1.95. The van der Waals surface area contributed by atoms with Crippen LogP contribution < -0.4 is 5.73 Å². The van der Waals surface area contributed by atoms with E-state index in [1.165, 1.54) is 0 Å². The SMILES string of the molecule is CCC(CC)C(N)c1ccc(C)cc1F. The Morgan fingerprint density at radius 2 is 1.87 bits per heavy atom. The van der Waals surface area contributed by atoms with E-state index in [1.807, 2.05) is 19.1 Å². The summed E-state index contributed by atoms with van der Waals surface area (Å²) in [6, 6.07) is 5.10. The Labute approximate surface area is 91.5 Å². The molecule has 0 aliphatic carbocycles. The third kappa shape index (κ3) is 2.78. The standard InChI is InChI=1S/C13H20FN/c1-4-10(5-2)13(15)11-7-6-9(3)8-12(11)14/h6-8,10,13H,4-5,15H2,1-3H3. The van der Waals surface area contributed by atoms with Crippen LogP contribution in [-0.2, 0) is 0 Å². The van der Waals surface area contributed by atoms with E-state index in [0.29, 0.717) is 11.5 Å². The van der Waals surface area contributed by atoms with Crippen LogP contribution in [0.15, 0.2) is 18.2 Å². The molecule has 2 heteroatoms. The lowest BCUT2D eigenvalue weighted by atomic mass is 9.89. The van der Waals surface area contributed by atoms with Crippen molar-refractivity contribution in [1.82, 2.24) is 0 Å². The molecule has 0 aromatic heterocycles. The van der Waals surface area contributed by atoms with Gasteiger partial charge in [0.2, 0.25) is 0 Å². The van der Waals surface area contributed by atoms with E-state index >= 15 is 0 Å². The summed E-state index contributed by atoms with van der Waals surface area (Å²) in [5.41, 5.74) is 7.66. The highest BCUT2D eigenvalue weighted by Gasteiger charge is 2.18. The number of aryl methyl sites for hydroxylation is 1. The van der Waals surface area contributed by atoms with E-state index < -0.39 is 0 Å². The molecule has 1 rings (SSSR count). The van der Waals surface area contributed by atoms with Crippen molar-refractivity contribution in [3.05, 3.63) is 35.1 Å². The molecule has 0 saturated carbocycles. The zero-order valence-corrected chi connectivity index (χ0v) is 9.76. The summed E-state index contributed by atoms with van der Waals surface area (Å²) in [6.07, 6.45) is 1.98. The van der Waals surface area contributed by atoms with Gasteiger partial charge in [0, 0.05) is 11.6 Å². The van der Waals surface area contributed by atoms with Crippen LogP contribution in [0.1, 0.15) is 43.9 Å². The summed E-state index contributed by atoms with van der Waals surface area (Å²) in [5.74, 6) is 0.191. The maximum atomic E-state index is 13.7. The lowest BCUT2D eigenvalue weighted by molar-refractivity contribution is 0.394. The molecule has 0 bridgehead atoms. The van der Waals surface area contributed by atoms with Gasteiger partial charge in [-0.3, -0.25) is 0 Å². The monoisotopic (exact) mass is 209 g/mol. The summed E-state index contributed by atoms with van der Waals surface area (Å²) >= 11 is 0. The largest absolute Gasteiger partial charge is 0.324 e. The van der Waals surface area contributed by atoms with Gasteiger partial charge in [0.25, 0.3) is 0 Å². The van der Waals surface area contributed by atoms with E-state index in [4.69, 9.17) is 5.73 Å². The van der Waals surface area contributed by atoms with Gasteiger partial charge in [0.05, 0.1) is 0 Å². The third-order valence-corrected chi connectivity index (χ3v) is 3.07. The predicted octanol–water partition coefficient (Wildman–Crippen LogP) is 3.57. The smallest absolute Gasteiger partial charge is 0.128 e. The Kier molecular flexibility index (Phi) is 4.28. The summed E-state index contributed by atoms with van der Waals surface area (Å²) in [6.45, 7) is 6.08. The summed E-state index contributed by atoms with van der Waals surface area (Å²) < 4.78 is 13.7. The third-order valence-electron chi connectivity index (χ3n) is 3.07. The highest BCUT2D eigenvalue weighted by Crippen LogP contribution is 2.27. The molecule has 0 aliphatic heterocycles. The van der Waals surface area contributed by atoms with Crippen LogP contribution >= 0.6 is 0 Å². The first-order valence-corrected chi connectivity index (χ1v) is 5.61. The minimum absolute atomic E-state index is 0.172. The van der Waals surface area contributed by atoms with Crippen LogP contribution in [0, 0.1) is 18.7 Å². The number of halogens is 1. The predicted molar refractivity (Wildman–Crippen MR) is 62.1 cm³/mol. The van der Waals surface area contributed by atoms with E-state index in [2.05, 4.69) is 13.8 Å². The van der Waals surface area contributed by atoms with Gasteiger partial charge >= 0.3 is 0 Å². The number of hydrogen-bond donors (Lipinski definition) is 1. The van der Waals surface area contributed by atoms with Crippen LogP contribution in [0.2, 0.25) is 0 Å². The Balaban J connectivity index is 2.94. The van der Waals surface area contributed by atoms with Gasteiger partial charge in [0.1, 0.15) is 5.82 Å². The highest BCUT2D eigenvalue weighted by molar-refractivity contribution is 5.26. The van der Waals surface area contributed by atoms with Crippen LogP contribution in [0.3, 0.4) is 0 Å². The Bertz CT molecular complexity index is 318. The van der Waals surface area contributed by atoms with Crippen LogP contribution in [0.4, 0.5) is 4.39 Å². The normalized spacial score (nSPS) is 13.2. The second-order valence-corrected chi connectivity index (χ2v) is 4.13. The van der Waals surface area contributed by atoms with Crippen LogP contribution in [-0.4, -0.2) is 0 Å². The molecule has 15 heavy (non-hydrogen) atoms. The second kappa shape index (κ2) is 5.26. The van der Waals surface area contributed by atoms with Gasteiger partial charge in [-0.25, -0.2) is 4.39 Å². The Hall–Kier alpha value is -0.890. The van der Waals surface area contributed by atoms with Gasteiger partial charge in [0.15, 0.2) is 0 Å². The van der Waals surface area contributed by atoms with Crippen molar-refractivity contribution in [3.8, 4) is 0 Å². The molecule has 0 spiro atoms. The number of rotatable bonds is 4. The lowest BCUT2D eigenvalue weighted by Gasteiger charge is -2.22. The highest BCUT2D eigenvalue weighted by atomic mass is 19.1. The zero-order valence-electron chi connectivity index (χ0n) is 9.76. The first-order chi connectivity index (χ1) is 7.10. The van der Waals surface area contributed by atoms with E-state index in [9.17, 15) is 4.39 Å². The topological polar surface area (TPSA) is 26.0 Å². The molecule has 0 radical (unpaired) electrons. The van der Waals surface area contributed by atoms with Crippen molar-refractivity contribution >= 4 is 0 Å². The molecule has 0 fully saturated rings. The van der Waals surface area contributed by atoms with E-state index in [1.54, 1.807) is 6.07 Å². The Morgan fingerprint density at radius 3 is 2.33 bits per heavy atom. The molecule has 0 aliphatic rings. The van der Waals surface area contributed by atoms with Crippen molar-refractivity contribution in [1.29, 1.82) is 0 Å². The molecule has 1 unspecified atom stereocenters. The van der Waals surface area contributed by atoms with Gasteiger partial charge in [-0.05, 0) is 24.5 Å². The molecule has 2 N–H and O–H groups in total. The number of nitrogens with two attached hydrogens (primary N) is 1. The van der Waals surface area contributed by atoms with Gasteiger partial charge in [-0.2, -0.15) is 0 Å². The summed E-state index contributed by atoms with van der Waals surface area (Å²) in [5, 5.41) is 0. The van der Waals surface area contributed by atoms with Gasteiger partial charge in [-0.15, -0.1) is 0 Å². The molecular formula is C13H20FN. The van der Waals surface area contributed by atoms with Crippen molar-refractivity contribution in [2.75, 3.05) is 0 Å². The molecule has 1 aromatic carbocycles. The van der Waals surface area contributed by atoms with E-state index in [-0.39, 0.29) is 11.9 Å². The molecule has 0 heterocycles. The lowest BCUT2D eigenvalue weighted by Crippen LogP contribution is -2.21. The average Bonchev–Trinajstić information content (AvgIpc) is 2.19. The second-order valence-electron chi connectivity index (χ2n) is 4.13. The first kappa shape index (κ1) is 12.2. The quantitative estimate of drug-likeness (QED) is 0.806. The maximum Gasteiger partial charge on any atom is 0.128 e. The molecule has 1 atom stereocenters. The minimum atomic E-state index is -0.180. The fourth-order valence-electron chi connectivity index (χ4n) is 1.95. The summed E-state index contributed by atoms with van der Waals surface area (Å²) in [7, 11) is 0. The fraction of sp³-hybridized carbons (Fsp3) is 0.538. The average molecular weight is 209 g/mol. The molecule has 1 nitrogen and oxygen atoms in total. The first-order valence-electron chi connectivity index (χ1n) is 5.61. The summed E-state index contributed by atoms with van der Waals surface area (Å²) in [4.78, 5) is 0. The zero-order chi connectivity index (χ0) is 11.4. The molecular weight excluding hydrogens is 189 g/mol. The van der Waals surface area contributed by atoms with Gasteiger partial charge < -0.3 is 5.73 Å². The molecule has 0 amide bonds. The molecule has 0 saturated heterocycles. The Morgan fingerprint density at radius 1 is 1.27 bits per heavy atom. The van der Waals surface area contributed by atoms with Crippen LogP contribution in [0.25, 0.3) is 0 Å². The minimum Gasteiger partial charge on any atom is -0.324 e. The van der Waals surface area contributed by atoms with Crippen molar-refractivity contribution in [2.45, 2.75) is 39.7 Å². The number of benzene rings is 1. The van der Waals surface area contributed by atoms with Crippen molar-refractivity contribution < 1.29 is 4.39 Å². The van der Waals surface area contributed by atoms with Crippen molar-refractivity contribution in [2.24, 2.45) is 11.7 Å². The van der Waals surface area contributed by atoms with Gasteiger partial charge in [-0.1, -0.05) is 38.8 Å².